The minimum absolute atomic E-state index is 0.0566. The molecule has 0 heterocycles. The van der Waals surface area contributed by atoms with E-state index in [1.54, 1.807) is 0 Å². The van der Waals surface area contributed by atoms with Crippen molar-refractivity contribution in [3.63, 3.8) is 0 Å². The molecule has 0 amide bonds. The lowest BCUT2D eigenvalue weighted by molar-refractivity contribution is -0.163. The molecule has 5 nitrogen and oxygen atoms in total. The average molecular weight is 889 g/mol. The van der Waals surface area contributed by atoms with Gasteiger partial charge in [-0.05, 0) is 96.3 Å². The van der Waals surface area contributed by atoms with E-state index in [0.717, 1.165) is 122 Å². The van der Waals surface area contributed by atoms with Crippen LogP contribution >= 0.6 is 0 Å². The third kappa shape index (κ3) is 51.5. The van der Waals surface area contributed by atoms with Gasteiger partial charge < -0.3 is 14.2 Å². The summed E-state index contributed by atoms with van der Waals surface area (Å²) in [5.74, 6) is -0.441. The molecule has 0 spiro atoms. The Morgan fingerprint density at radius 3 is 1.12 bits per heavy atom. The number of carbonyl (C=O) groups excluding carboxylic acids is 2. The molecule has 0 fully saturated rings. The smallest absolute Gasteiger partial charge is 0.306 e. The maximum atomic E-state index is 12.8. The Morgan fingerprint density at radius 2 is 0.703 bits per heavy atom. The first-order chi connectivity index (χ1) is 31.6. The molecular weight excluding hydrogens is 789 g/mol. The van der Waals surface area contributed by atoms with Crippen LogP contribution in [0.5, 0.6) is 0 Å². The van der Waals surface area contributed by atoms with E-state index in [9.17, 15) is 9.59 Å². The molecule has 0 aliphatic heterocycles. The molecule has 1 unspecified atom stereocenters. The minimum Gasteiger partial charge on any atom is -0.462 e. The van der Waals surface area contributed by atoms with E-state index >= 15 is 0 Å². The standard InChI is InChI=1S/C59H100O5/c1-4-7-10-13-16-19-22-25-28-30-32-34-37-40-43-46-49-52-58(60)63-56-57(55-62-54-51-48-45-42-39-36-33-29-26-23-20-17-14-11-8-5-2)64-59(61)53-50-47-44-41-38-35-31-27-24-21-18-15-12-9-6-3/h7-8,10-11,16-17,19-20,25-26,28-29,32,34,36,39,57H,4-6,9,12-15,18,21-24,27,30-31,33,35,37-38,40-56H2,1-3H3/b10-7-,11-8-,19-16-,20-17-,28-25-,29-26-,34-32-,39-36-. The van der Waals surface area contributed by atoms with Crippen LogP contribution in [-0.2, 0) is 23.8 Å². The first-order valence-electron chi connectivity index (χ1n) is 26.8. The fraction of sp³-hybridized carbons (Fsp3) is 0.695. The lowest BCUT2D eigenvalue weighted by atomic mass is 10.0. The maximum Gasteiger partial charge on any atom is 0.306 e. The lowest BCUT2D eigenvalue weighted by Gasteiger charge is -2.18. The van der Waals surface area contributed by atoms with Crippen molar-refractivity contribution in [3.05, 3.63) is 97.2 Å². The summed E-state index contributed by atoms with van der Waals surface area (Å²) >= 11 is 0. The van der Waals surface area contributed by atoms with Gasteiger partial charge in [0, 0.05) is 19.4 Å². The highest BCUT2D eigenvalue weighted by molar-refractivity contribution is 5.70. The van der Waals surface area contributed by atoms with E-state index in [0.29, 0.717) is 19.4 Å². The summed E-state index contributed by atoms with van der Waals surface area (Å²) in [6.45, 7) is 7.52. The molecule has 0 radical (unpaired) electrons. The summed E-state index contributed by atoms with van der Waals surface area (Å²) in [5, 5.41) is 0. The molecule has 5 heteroatoms. The number of carbonyl (C=O) groups is 2. The number of rotatable bonds is 48. The third-order valence-electron chi connectivity index (χ3n) is 11.1. The van der Waals surface area contributed by atoms with Crippen molar-refractivity contribution in [2.45, 2.75) is 245 Å². The highest BCUT2D eigenvalue weighted by atomic mass is 16.6. The zero-order chi connectivity index (χ0) is 46.3. The number of hydrogen-bond acceptors (Lipinski definition) is 5. The van der Waals surface area contributed by atoms with Crippen LogP contribution in [0.1, 0.15) is 239 Å². The molecule has 1 atom stereocenters. The molecule has 0 rings (SSSR count). The second-order valence-corrected chi connectivity index (χ2v) is 17.4. The van der Waals surface area contributed by atoms with Gasteiger partial charge in [-0.3, -0.25) is 9.59 Å². The van der Waals surface area contributed by atoms with Crippen LogP contribution in [0.3, 0.4) is 0 Å². The number of esters is 2. The van der Waals surface area contributed by atoms with E-state index in [4.69, 9.17) is 14.2 Å². The molecule has 366 valence electrons. The first kappa shape index (κ1) is 60.8. The van der Waals surface area contributed by atoms with Gasteiger partial charge in [-0.25, -0.2) is 0 Å². The number of hydrogen-bond donors (Lipinski definition) is 0. The summed E-state index contributed by atoms with van der Waals surface area (Å²) in [5.41, 5.74) is 0. The van der Waals surface area contributed by atoms with Gasteiger partial charge in [-0.2, -0.15) is 0 Å². The predicted octanol–water partition coefficient (Wildman–Crippen LogP) is 18.2. The molecule has 0 saturated heterocycles. The molecule has 0 N–H and O–H groups in total. The molecule has 0 aliphatic rings. The quantitative estimate of drug-likeness (QED) is 0.0346. The Labute approximate surface area is 396 Å². The third-order valence-corrected chi connectivity index (χ3v) is 11.1. The normalized spacial score (nSPS) is 13.0. The molecule has 0 aromatic rings. The molecule has 0 saturated carbocycles. The zero-order valence-corrected chi connectivity index (χ0v) is 42.0. The first-order valence-corrected chi connectivity index (χ1v) is 26.8. The zero-order valence-electron chi connectivity index (χ0n) is 42.0. The van der Waals surface area contributed by atoms with E-state index in [1.807, 2.05) is 0 Å². The van der Waals surface area contributed by atoms with E-state index in [2.05, 4.69) is 118 Å². The van der Waals surface area contributed by atoms with Crippen molar-refractivity contribution in [3.8, 4) is 0 Å². The highest BCUT2D eigenvalue weighted by Gasteiger charge is 2.17. The molecular formula is C59H100O5. The fourth-order valence-corrected chi connectivity index (χ4v) is 7.20. The van der Waals surface area contributed by atoms with Crippen LogP contribution < -0.4 is 0 Å². The summed E-state index contributed by atoms with van der Waals surface area (Å²) < 4.78 is 17.4. The van der Waals surface area contributed by atoms with Gasteiger partial charge in [0.2, 0.25) is 0 Å². The molecule has 0 aromatic heterocycles. The van der Waals surface area contributed by atoms with E-state index < -0.39 is 6.10 Å². The van der Waals surface area contributed by atoms with Crippen molar-refractivity contribution < 1.29 is 23.8 Å². The van der Waals surface area contributed by atoms with Crippen LogP contribution in [0.15, 0.2) is 97.2 Å². The van der Waals surface area contributed by atoms with Crippen LogP contribution in [0.2, 0.25) is 0 Å². The summed E-state index contributed by atoms with van der Waals surface area (Å²) in [6, 6.07) is 0. The summed E-state index contributed by atoms with van der Waals surface area (Å²) in [4.78, 5) is 25.4. The van der Waals surface area contributed by atoms with Crippen molar-refractivity contribution in [1.29, 1.82) is 0 Å². The molecule has 0 bridgehead atoms. The number of allylic oxidation sites excluding steroid dienone is 16. The topological polar surface area (TPSA) is 61.8 Å². The van der Waals surface area contributed by atoms with Crippen LogP contribution in [-0.4, -0.2) is 37.9 Å². The minimum atomic E-state index is -0.566. The van der Waals surface area contributed by atoms with Crippen LogP contribution in [0, 0.1) is 0 Å². The van der Waals surface area contributed by atoms with Gasteiger partial charge in [0.05, 0.1) is 6.61 Å². The molecule has 0 aliphatic carbocycles. The number of ether oxygens (including phenoxy) is 3. The van der Waals surface area contributed by atoms with Crippen LogP contribution in [0.25, 0.3) is 0 Å². The highest BCUT2D eigenvalue weighted by Crippen LogP contribution is 2.15. The van der Waals surface area contributed by atoms with Gasteiger partial charge in [0.25, 0.3) is 0 Å². The largest absolute Gasteiger partial charge is 0.462 e. The Hall–Kier alpha value is -3.18. The average Bonchev–Trinajstić information content (AvgIpc) is 3.30. The second-order valence-electron chi connectivity index (χ2n) is 17.4. The van der Waals surface area contributed by atoms with Gasteiger partial charge in [-0.15, -0.1) is 0 Å². The van der Waals surface area contributed by atoms with Crippen molar-refractivity contribution in [2.24, 2.45) is 0 Å². The van der Waals surface area contributed by atoms with Gasteiger partial charge in [-0.1, -0.05) is 227 Å². The Kier molecular flexibility index (Phi) is 51.5. The SMILES string of the molecule is CC/C=C\C/C=C\C/C=C\C/C=C\CCCCCCC(=O)OCC(COCCCCC/C=C\C/C=C\C/C=C\C/C=C\CC)OC(=O)CCCCCCCCCCCCCCCCC. The van der Waals surface area contributed by atoms with Crippen LogP contribution in [0.4, 0.5) is 0 Å². The monoisotopic (exact) mass is 889 g/mol. The Balaban J connectivity index is 4.38. The molecule has 64 heavy (non-hydrogen) atoms. The Bertz CT molecular complexity index is 1230. The van der Waals surface area contributed by atoms with Gasteiger partial charge in [0.15, 0.2) is 6.10 Å². The predicted molar refractivity (Wildman–Crippen MR) is 279 cm³/mol. The molecule has 0 aromatic carbocycles. The van der Waals surface area contributed by atoms with E-state index in [-0.39, 0.29) is 25.2 Å². The van der Waals surface area contributed by atoms with Gasteiger partial charge >= 0.3 is 11.9 Å². The van der Waals surface area contributed by atoms with E-state index in [1.165, 1.54) is 83.5 Å². The van der Waals surface area contributed by atoms with Crippen molar-refractivity contribution in [2.75, 3.05) is 19.8 Å². The van der Waals surface area contributed by atoms with Crippen molar-refractivity contribution >= 4 is 11.9 Å². The fourth-order valence-electron chi connectivity index (χ4n) is 7.20. The summed E-state index contributed by atoms with van der Waals surface area (Å²) in [6.07, 6.45) is 72.8. The summed E-state index contributed by atoms with van der Waals surface area (Å²) in [7, 11) is 0. The van der Waals surface area contributed by atoms with Gasteiger partial charge in [0.1, 0.15) is 6.61 Å². The second kappa shape index (κ2) is 54.2. The number of unbranched alkanes of at least 4 members (excludes halogenated alkanes) is 21. The lowest BCUT2D eigenvalue weighted by Crippen LogP contribution is -2.30. The van der Waals surface area contributed by atoms with Crippen molar-refractivity contribution in [1.82, 2.24) is 0 Å². The maximum absolute atomic E-state index is 12.8. The Morgan fingerprint density at radius 1 is 0.359 bits per heavy atom.